The van der Waals surface area contributed by atoms with Crippen molar-refractivity contribution in [2.24, 2.45) is 0 Å². The Hall–Kier alpha value is -1.55. The number of amides is 1. The first-order valence-corrected chi connectivity index (χ1v) is 7.38. The van der Waals surface area contributed by atoms with Gasteiger partial charge in [-0.25, -0.2) is 0 Å². The lowest BCUT2D eigenvalue weighted by molar-refractivity contribution is -0.121. The van der Waals surface area contributed by atoms with Crippen LogP contribution in [-0.4, -0.2) is 26.1 Å². The SMILES string of the molecule is CCCNC(CC)c1ccc(OCCC(=O)NC)cc1. The zero-order valence-corrected chi connectivity index (χ0v) is 12.7. The van der Waals surface area contributed by atoms with Gasteiger partial charge in [-0.2, -0.15) is 0 Å². The van der Waals surface area contributed by atoms with Crippen molar-refractivity contribution in [3.05, 3.63) is 29.8 Å². The molecule has 20 heavy (non-hydrogen) atoms. The van der Waals surface area contributed by atoms with Gasteiger partial charge >= 0.3 is 0 Å². The minimum Gasteiger partial charge on any atom is -0.493 e. The molecule has 0 saturated carbocycles. The number of ether oxygens (including phenoxy) is 1. The Kier molecular flexibility index (Phi) is 7.73. The molecule has 0 radical (unpaired) electrons. The van der Waals surface area contributed by atoms with Crippen LogP contribution in [0.2, 0.25) is 0 Å². The van der Waals surface area contributed by atoms with Gasteiger partial charge in [0.05, 0.1) is 13.0 Å². The van der Waals surface area contributed by atoms with Gasteiger partial charge in [0.15, 0.2) is 0 Å². The van der Waals surface area contributed by atoms with Gasteiger partial charge < -0.3 is 15.4 Å². The lowest BCUT2D eigenvalue weighted by Crippen LogP contribution is -2.21. The molecule has 1 unspecified atom stereocenters. The summed E-state index contributed by atoms with van der Waals surface area (Å²) in [7, 11) is 1.63. The summed E-state index contributed by atoms with van der Waals surface area (Å²) in [6, 6.07) is 8.51. The van der Waals surface area contributed by atoms with Crippen LogP contribution in [0.4, 0.5) is 0 Å². The lowest BCUT2D eigenvalue weighted by atomic mass is 10.0. The van der Waals surface area contributed by atoms with Crippen molar-refractivity contribution in [2.45, 2.75) is 39.2 Å². The number of hydrogen-bond acceptors (Lipinski definition) is 3. The monoisotopic (exact) mass is 278 g/mol. The van der Waals surface area contributed by atoms with E-state index in [-0.39, 0.29) is 5.91 Å². The van der Waals surface area contributed by atoms with Crippen LogP contribution in [0.5, 0.6) is 5.75 Å². The quantitative estimate of drug-likeness (QED) is 0.730. The van der Waals surface area contributed by atoms with E-state index in [2.05, 4.69) is 36.6 Å². The molecule has 4 heteroatoms. The molecule has 1 rings (SSSR count). The molecular weight excluding hydrogens is 252 g/mol. The minimum absolute atomic E-state index is 0.00330. The summed E-state index contributed by atoms with van der Waals surface area (Å²) in [4.78, 5) is 11.1. The van der Waals surface area contributed by atoms with Crippen LogP contribution in [0.3, 0.4) is 0 Å². The maximum atomic E-state index is 11.1. The Balaban J connectivity index is 2.48. The Labute approximate surface area is 121 Å². The molecule has 0 aliphatic carbocycles. The van der Waals surface area contributed by atoms with Crippen LogP contribution in [0.1, 0.15) is 44.7 Å². The number of carbonyl (C=O) groups excluding carboxylic acids is 1. The van der Waals surface area contributed by atoms with Gasteiger partial charge in [0, 0.05) is 13.1 Å². The average Bonchev–Trinajstić information content (AvgIpc) is 2.49. The number of nitrogens with one attached hydrogen (secondary N) is 2. The van der Waals surface area contributed by atoms with E-state index in [9.17, 15) is 4.79 Å². The third-order valence-electron chi connectivity index (χ3n) is 3.21. The molecule has 0 aliphatic rings. The molecule has 4 nitrogen and oxygen atoms in total. The first kappa shape index (κ1) is 16.5. The van der Waals surface area contributed by atoms with Crippen molar-refractivity contribution in [2.75, 3.05) is 20.2 Å². The second-order valence-corrected chi connectivity index (χ2v) is 4.76. The van der Waals surface area contributed by atoms with Gasteiger partial charge in [0.25, 0.3) is 0 Å². The summed E-state index contributed by atoms with van der Waals surface area (Å²) < 4.78 is 5.55. The van der Waals surface area contributed by atoms with Crippen molar-refractivity contribution < 1.29 is 9.53 Å². The molecule has 1 aromatic rings. The highest BCUT2D eigenvalue weighted by Crippen LogP contribution is 2.20. The second-order valence-electron chi connectivity index (χ2n) is 4.76. The van der Waals surface area contributed by atoms with E-state index in [1.165, 1.54) is 5.56 Å². The van der Waals surface area contributed by atoms with Crippen LogP contribution in [-0.2, 0) is 4.79 Å². The van der Waals surface area contributed by atoms with E-state index in [0.29, 0.717) is 19.1 Å². The predicted octanol–water partition coefficient (Wildman–Crippen LogP) is 2.65. The third kappa shape index (κ3) is 5.61. The smallest absolute Gasteiger partial charge is 0.223 e. The predicted molar refractivity (Wildman–Crippen MR) is 81.9 cm³/mol. The van der Waals surface area contributed by atoms with Crippen LogP contribution >= 0.6 is 0 Å². The number of rotatable bonds is 9. The number of hydrogen-bond donors (Lipinski definition) is 2. The fourth-order valence-electron chi connectivity index (χ4n) is 2.00. The number of benzene rings is 1. The first-order chi connectivity index (χ1) is 9.71. The van der Waals surface area contributed by atoms with Gasteiger partial charge in [0.1, 0.15) is 5.75 Å². The lowest BCUT2D eigenvalue weighted by Gasteiger charge is -2.17. The van der Waals surface area contributed by atoms with Crippen molar-refractivity contribution in [3.8, 4) is 5.75 Å². The molecule has 0 spiro atoms. The summed E-state index contributed by atoms with van der Waals surface area (Å²) >= 11 is 0. The standard InChI is InChI=1S/C16H26N2O2/c1-4-11-18-15(5-2)13-6-8-14(9-7-13)20-12-10-16(19)17-3/h6-9,15,18H,4-5,10-12H2,1-3H3,(H,17,19). The zero-order valence-electron chi connectivity index (χ0n) is 12.7. The average molecular weight is 278 g/mol. The molecule has 112 valence electrons. The van der Waals surface area contributed by atoms with Crippen molar-refractivity contribution in [3.63, 3.8) is 0 Å². The van der Waals surface area contributed by atoms with E-state index in [4.69, 9.17) is 4.74 Å². The summed E-state index contributed by atoms with van der Waals surface area (Å²) in [5.74, 6) is 0.805. The van der Waals surface area contributed by atoms with Gasteiger partial charge in [0.2, 0.25) is 5.91 Å². The van der Waals surface area contributed by atoms with E-state index in [0.717, 1.165) is 25.1 Å². The van der Waals surface area contributed by atoms with Gasteiger partial charge in [-0.05, 0) is 37.1 Å². The molecule has 1 atom stereocenters. The van der Waals surface area contributed by atoms with Crippen molar-refractivity contribution in [1.82, 2.24) is 10.6 Å². The maximum absolute atomic E-state index is 11.1. The summed E-state index contributed by atoms with van der Waals surface area (Å²) in [5, 5.41) is 6.10. The van der Waals surface area contributed by atoms with Crippen molar-refractivity contribution in [1.29, 1.82) is 0 Å². The van der Waals surface area contributed by atoms with Crippen LogP contribution in [0, 0.1) is 0 Å². The molecule has 2 N–H and O–H groups in total. The molecule has 1 amide bonds. The fourth-order valence-corrected chi connectivity index (χ4v) is 2.00. The molecule has 0 aromatic heterocycles. The number of carbonyl (C=O) groups is 1. The molecule has 0 aliphatic heterocycles. The van der Waals surface area contributed by atoms with E-state index >= 15 is 0 Å². The third-order valence-corrected chi connectivity index (χ3v) is 3.21. The Morgan fingerprint density at radius 2 is 1.95 bits per heavy atom. The van der Waals surface area contributed by atoms with Crippen molar-refractivity contribution >= 4 is 5.91 Å². The second kappa shape index (κ2) is 9.37. The molecular formula is C16H26N2O2. The van der Waals surface area contributed by atoms with E-state index < -0.39 is 0 Å². The molecule has 0 fully saturated rings. The van der Waals surface area contributed by atoms with E-state index in [1.807, 2.05) is 12.1 Å². The molecule has 0 heterocycles. The summed E-state index contributed by atoms with van der Waals surface area (Å²) in [6.45, 7) is 5.79. The molecule has 0 bridgehead atoms. The van der Waals surface area contributed by atoms with Crippen LogP contribution < -0.4 is 15.4 Å². The minimum atomic E-state index is -0.00330. The highest BCUT2D eigenvalue weighted by Gasteiger charge is 2.08. The fraction of sp³-hybridized carbons (Fsp3) is 0.562. The Morgan fingerprint density at radius 1 is 1.25 bits per heavy atom. The van der Waals surface area contributed by atoms with Gasteiger partial charge in [-0.15, -0.1) is 0 Å². The van der Waals surface area contributed by atoms with Gasteiger partial charge in [-0.1, -0.05) is 26.0 Å². The van der Waals surface area contributed by atoms with Crippen LogP contribution in [0.25, 0.3) is 0 Å². The first-order valence-electron chi connectivity index (χ1n) is 7.38. The Bertz CT molecular complexity index is 390. The maximum Gasteiger partial charge on any atom is 0.223 e. The normalized spacial score (nSPS) is 11.9. The highest BCUT2D eigenvalue weighted by molar-refractivity contribution is 5.75. The highest BCUT2D eigenvalue weighted by atomic mass is 16.5. The molecule has 0 saturated heterocycles. The van der Waals surface area contributed by atoms with E-state index in [1.54, 1.807) is 7.05 Å². The topological polar surface area (TPSA) is 50.4 Å². The zero-order chi connectivity index (χ0) is 14.8. The largest absolute Gasteiger partial charge is 0.493 e. The van der Waals surface area contributed by atoms with Gasteiger partial charge in [-0.3, -0.25) is 4.79 Å². The summed E-state index contributed by atoms with van der Waals surface area (Å²) in [5.41, 5.74) is 1.28. The molecule has 1 aromatic carbocycles. The summed E-state index contributed by atoms with van der Waals surface area (Å²) in [6.07, 6.45) is 2.59. The Morgan fingerprint density at radius 3 is 2.50 bits per heavy atom. The van der Waals surface area contributed by atoms with Crippen LogP contribution in [0.15, 0.2) is 24.3 Å².